The molecule has 22 heavy (non-hydrogen) atoms. The molecule has 2 heterocycles. The predicted molar refractivity (Wildman–Crippen MR) is 84.5 cm³/mol. The summed E-state index contributed by atoms with van der Waals surface area (Å²) in [5.41, 5.74) is 1.66. The third-order valence-corrected chi connectivity index (χ3v) is 5.59. The minimum absolute atomic E-state index is 0.0398. The van der Waals surface area contributed by atoms with E-state index >= 15 is 0 Å². The Morgan fingerprint density at radius 2 is 1.95 bits per heavy atom. The molecular weight excluding hydrogens is 300 g/mol. The molecule has 5 nitrogen and oxygen atoms in total. The van der Waals surface area contributed by atoms with Crippen molar-refractivity contribution in [2.24, 2.45) is 0 Å². The average Bonchev–Trinajstić information content (AvgIpc) is 3.06. The van der Waals surface area contributed by atoms with Crippen molar-refractivity contribution in [3.8, 4) is 0 Å². The molecule has 3 rings (SSSR count). The van der Waals surface area contributed by atoms with Gasteiger partial charge >= 0.3 is 0 Å². The molecule has 0 radical (unpaired) electrons. The number of sulfone groups is 1. The molecule has 0 bridgehead atoms. The monoisotopic (exact) mass is 318 g/mol. The second kappa shape index (κ2) is 5.96. The molecule has 116 valence electrons. The van der Waals surface area contributed by atoms with Crippen LogP contribution < -0.4 is 5.32 Å². The van der Waals surface area contributed by atoms with Gasteiger partial charge in [0, 0.05) is 18.8 Å². The summed E-state index contributed by atoms with van der Waals surface area (Å²) in [7, 11) is -2.99. The van der Waals surface area contributed by atoms with E-state index in [-0.39, 0.29) is 23.5 Å². The fourth-order valence-electron chi connectivity index (χ4n) is 2.71. The summed E-state index contributed by atoms with van der Waals surface area (Å²) >= 11 is 0. The van der Waals surface area contributed by atoms with Crippen LogP contribution in [0.25, 0.3) is 0 Å². The smallest absolute Gasteiger partial charge is 0.268 e. The number of aromatic nitrogens is 1. The first-order valence-electron chi connectivity index (χ1n) is 7.24. The molecule has 1 aliphatic rings. The maximum atomic E-state index is 12.4. The standard InChI is InChI=1S/C16H18N2O3S/c19-16(17-14-8-10-22(20,21)12-14)15-7-4-9-18(15)11-13-5-2-1-3-6-13/h1-7,9,14H,8,10-12H2,(H,17,19)/t14-/m0/s1. The van der Waals surface area contributed by atoms with Crippen LogP contribution in [0.2, 0.25) is 0 Å². The fraction of sp³-hybridized carbons (Fsp3) is 0.312. The Morgan fingerprint density at radius 3 is 2.64 bits per heavy atom. The van der Waals surface area contributed by atoms with E-state index in [2.05, 4.69) is 5.32 Å². The largest absolute Gasteiger partial charge is 0.347 e. The van der Waals surface area contributed by atoms with Gasteiger partial charge in [-0.3, -0.25) is 4.79 Å². The van der Waals surface area contributed by atoms with Gasteiger partial charge in [-0.15, -0.1) is 0 Å². The number of nitrogens with one attached hydrogen (secondary N) is 1. The molecule has 1 atom stereocenters. The Hall–Kier alpha value is -2.08. The number of nitrogens with zero attached hydrogens (tertiary/aromatic N) is 1. The van der Waals surface area contributed by atoms with Crippen molar-refractivity contribution in [1.29, 1.82) is 0 Å². The van der Waals surface area contributed by atoms with Gasteiger partial charge in [0.2, 0.25) is 0 Å². The Bertz CT molecular complexity index is 766. The Labute approximate surface area is 129 Å². The fourth-order valence-corrected chi connectivity index (χ4v) is 4.38. The number of carbonyl (C=O) groups is 1. The van der Waals surface area contributed by atoms with Crippen molar-refractivity contribution in [2.45, 2.75) is 19.0 Å². The molecule has 0 unspecified atom stereocenters. The normalized spacial score (nSPS) is 19.9. The van der Waals surface area contributed by atoms with Crippen LogP contribution >= 0.6 is 0 Å². The summed E-state index contributed by atoms with van der Waals surface area (Å²) in [5.74, 6) is -0.0239. The number of hydrogen-bond donors (Lipinski definition) is 1. The van der Waals surface area contributed by atoms with E-state index in [1.165, 1.54) is 0 Å². The highest BCUT2D eigenvalue weighted by Crippen LogP contribution is 2.13. The molecule has 0 saturated carbocycles. The Balaban J connectivity index is 1.70. The van der Waals surface area contributed by atoms with E-state index in [0.717, 1.165) is 5.56 Å². The molecule has 6 heteroatoms. The van der Waals surface area contributed by atoms with E-state index < -0.39 is 9.84 Å². The first-order chi connectivity index (χ1) is 10.5. The Kier molecular flexibility index (Phi) is 4.02. The van der Waals surface area contributed by atoms with E-state index in [0.29, 0.717) is 18.7 Å². The van der Waals surface area contributed by atoms with Crippen LogP contribution in [0.5, 0.6) is 0 Å². The molecule has 1 fully saturated rings. The lowest BCUT2D eigenvalue weighted by Gasteiger charge is -2.13. The van der Waals surface area contributed by atoms with Crippen LogP contribution in [0, 0.1) is 0 Å². The highest BCUT2D eigenvalue weighted by Gasteiger charge is 2.29. The molecule has 1 amide bonds. The molecule has 0 aliphatic carbocycles. The highest BCUT2D eigenvalue weighted by molar-refractivity contribution is 7.91. The summed E-state index contributed by atoms with van der Waals surface area (Å²) in [5, 5.41) is 2.82. The van der Waals surface area contributed by atoms with Crippen molar-refractivity contribution < 1.29 is 13.2 Å². The molecular formula is C16H18N2O3S. The van der Waals surface area contributed by atoms with E-state index in [1.807, 2.05) is 47.2 Å². The van der Waals surface area contributed by atoms with E-state index in [9.17, 15) is 13.2 Å². The molecule has 2 aromatic rings. The van der Waals surface area contributed by atoms with Crippen molar-refractivity contribution in [2.75, 3.05) is 11.5 Å². The van der Waals surface area contributed by atoms with Crippen LogP contribution in [0.1, 0.15) is 22.5 Å². The summed E-state index contributed by atoms with van der Waals surface area (Å²) in [6, 6.07) is 13.2. The predicted octanol–water partition coefficient (Wildman–Crippen LogP) is 1.45. The molecule has 1 N–H and O–H groups in total. The van der Waals surface area contributed by atoms with Gasteiger partial charge in [0.1, 0.15) is 5.69 Å². The summed E-state index contributed by atoms with van der Waals surface area (Å²) in [6.07, 6.45) is 2.35. The van der Waals surface area contributed by atoms with Crippen LogP contribution in [0.3, 0.4) is 0 Å². The quantitative estimate of drug-likeness (QED) is 0.928. The number of benzene rings is 1. The summed E-state index contributed by atoms with van der Waals surface area (Å²) in [6.45, 7) is 0.611. The van der Waals surface area contributed by atoms with Gasteiger partial charge in [0.05, 0.1) is 11.5 Å². The second-order valence-corrected chi connectivity index (χ2v) is 7.81. The number of rotatable bonds is 4. The van der Waals surface area contributed by atoms with Gasteiger partial charge in [0.15, 0.2) is 9.84 Å². The van der Waals surface area contributed by atoms with Gasteiger partial charge in [-0.1, -0.05) is 30.3 Å². The van der Waals surface area contributed by atoms with Gasteiger partial charge in [0.25, 0.3) is 5.91 Å². The lowest BCUT2D eigenvalue weighted by molar-refractivity contribution is 0.0932. The van der Waals surface area contributed by atoms with Crippen molar-refractivity contribution in [3.63, 3.8) is 0 Å². The summed E-state index contributed by atoms with van der Waals surface area (Å²) < 4.78 is 24.8. The zero-order valence-electron chi connectivity index (χ0n) is 12.1. The van der Waals surface area contributed by atoms with Crippen LogP contribution in [-0.4, -0.2) is 36.4 Å². The van der Waals surface area contributed by atoms with Crippen LogP contribution in [0.15, 0.2) is 48.7 Å². The zero-order chi connectivity index (χ0) is 15.6. The second-order valence-electron chi connectivity index (χ2n) is 5.58. The van der Waals surface area contributed by atoms with Crippen LogP contribution in [-0.2, 0) is 16.4 Å². The van der Waals surface area contributed by atoms with E-state index in [4.69, 9.17) is 0 Å². The number of carbonyl (C=O) groups excluding carboxylic acids is 1. The van der Waals surface area contributed by atoms with Gasteiger partial charge in [-0.05, 0) is 24.1 Å². The number of amides is 1. The molecule has 1 saturated heterocycles. The van der Waals surface area contributed by atoms with Crippen molar-refractivity contribution in [1.82, 2.24) is 9.88 Å². The molecule has 1 aliphatic heterocycles. The van der Waals surface area contributed by atoms with Gasteiger partial charge in [-0.2, -0.15) is 0 Å². The third-order valence-electron chi connectivity index (χ3n) is 3.83. The zero-order valence-corrected chi connectivity index (χ0v) is 12.9. The summed E-state index contributed by atoms with van der Waals surface area (Å²) in [4.78, 5) is 12.4. The SMILES string of the molecule is O=C(N[C@H]1CCS(=O)(=O)C1)c1cccn1Cc1ccccc1. The minimum Gasteiger partial charge on any atom is -0.347 e. The first-order valence-corrected chi connectivity index (χ1v) is 9.06. The van der Waals surface area contributed by atoms with Crippen molar-refractivity contribution in [3.05, 3.63) is 59.9 Å². The maximum Gasteiger partial charge on any atom is 0.268 e. The van der Waals surface area contributed by atoms with Crippen LogP contribution in [0.4, 0.5) is 0 Å². The molecule has 1 aromatic heterocycles. The molecule has 1 aromatic carbocycles. The molecule has 0 spiro atoms. The average molecular weight is 318 g/mol. The minimum atomic E-state index is -2.99. The topological polar surface area (TPSA) is 68.2 Å². The lowest BCUT2D eigenvalue weighted by Crippen LogP contribution is -2.36. The number of hydrogen-bond acceptors (Lipinski definition) is 3. The van der Waals surface area contributed by atoms with E-state index in [1.54, 1.807) is 6.07 Å². The highest BCUT2D eigenvalue weighted by atomic mass is 32.2. The first kappa shape index (κ1) is 14.8. The van der Waals surface area contributed by atoms with Gasteiger partial charge < -0.3 is 9.88 Å². The maximum absolute atomic E-state index is 12.4. The van der Waals surface area contributed by atoms with Crippen molar-refractivity contribution >= 4 is 15.7 Å². The third kappa shape index (κ3) is 3.39. The van der Waals surface area contributed by atoms with Gasteiger partial charge in [-0.25, -0.2) is 8.42 Å². The Morgan fingerprint density at radius 1 is 1.18 bits per heavy atom. The lowest BCUT2D eigenvalue weighted by atomic mass is 10.2.